The van der Waals surface area contributed by atoms with Gasteiger partial charge in [-0.3, -0.25) is 4.98 Å². The minimum Gasteiger partial charge on any atom is -0.493 e. The van der Waals surface area contributed by atoms with E-state index in [1.807, 2.05) is 0 Å². The predicted octanol–water partition coefficient (Wildman–Crippen LogP) is 2.64. The lowest BCUT2D eigenvalue weighted by Gasteiger charge is -2.11. The lowest BCUT2D eigenvalue weighted by atomic mass is 10.4. The molecule has 1 aromatic heterocycles. The average Bonchev–Trinajstić information content (AvgIpc) is 2.06. The van der Waals surface area contributed by atoms with Crippen LogP contribution in [0.5, 0.6) is 11.5 Å². The van der Waals surface area contributed by atoms with Crippen molar-refractivity contribution in [2.45, 2.75) is 6.36 Å². The topological polar surface area (TPSA) is 31.4 Å². The van der Waals surface area contributed by atoms with Crippen molar-refractivity contribution in [3.8, 4) is 11.5 Å². The maximum atomic E-state index is 11.8. The first-order valence-corrected chi connectivity index (χ1v) is 3.75. The fourth-order valence-corrected chi connectivity index (χ4v) is 0.959. The molecule has 0 radical (unpaired) electrons. The van der Waals surface area contributed by atoms with E-state index in [2.05, 4.69) is 14.5 Å². The zero-order valence-corrected chi connectivity index (χ0v) is 7.69. The number of nitrogens with zero attached hydrogens (tertiary/aromatic N) is 1. The SMILES string of the molecule is COc1cncc(OC(F)(F)F)c1Cl. The van der Waals surface area contributed by atoms with Crippen molar-refractivity contribution < 1.29 is 22.6 Å². The molecule has 78 valence electrons. The summed E-state index contributed by atoms with van der Waals surface area (Å²) in [5.41, 5.74) is 0. The van der Waals surface area contributed by atoms with Gasteiger partial charge in [-0.2, -0.15) is 0 Å². The summed E-state index contributed by atoms with van der Waals surface area (Å²) in [6, 6.07) is 0. The lowest BCUT2D eigenvalue weighted by molar-refractivity contribution is -0.274. The molecule has 0 bridgehead atoms. The van der Waals surface area contributed by atoms with Gasteiger partial charge in [-0.05, 0) is 0 Å². The molecule has 0 aliphatic carbocycles. The summed E-state index contributed by atoms with van der Waals surface area (Å²) in [6.45, 7) is 0. The molecule has 14 heavy (non-hydrogen) atoms. The van der Waals surface area contributed by atoms with Crippen LogP contribution < -0.4 is 9.47 Å². The van der Waals surface area contributed by atoms with Gasteiger partial charge in [-0.25, -0.2) is 0 Å². The standard InChI is InChI=1S/C7H5ClF3NO2/c1-13-4-2-12-3-5(6(4)8)14-7(9,10)11/h2-3H,1H3. The Labute approximate surface area is 82.4 Å². The number of aromatic nitrogens is 1. The number of hydrogen-bond donors (Lipinski definition) is 0. The van der Waals surface area contributed by atoms with Crippen molar-refractivity contribution in [3.63, 3.8) is 0 Å². The van der Waals surface area contributed by atoms with E-state index in [4.69, 9.17) is 11.6 Å². The monoisotopic (exact) mass is 227 g/mol. The van der Waals surface area contributed by atoms with Crippen molar-refractivity contribution in [1.29, 1.82) is 0 Å². The fraction of sp³-hybridized carbons (Fsp3) is 0.286. The molecule has 0 spiro atoms. The van der Waals surface area contributed by atoms with Gasteiger partial charge in [0.05, 0.1) is 19.5 Å². The highest BCUT2D eigenvalue weighted by atomic mass is 35.5. The van der Waals surface area contributed by atoms with Gasteiger partial charge in [0.15, 0.2) is 11.5 Å². The molecule has 1 rings (SSSR count). The van der Waals surface area contributed by atoms with Crippen LogP contribution in [0, 0.1) is 0 Å². The highest BCUT2D eigenvalue weighted by Gasteiger charge is 2.32. The highest BCUT2D eigenvalue weighted by Crippen LogP contribution is 2.35. The fourth-order valence-electron chi connectivity index (χ4n) is 0.746. The van der Waals surface area contributed by atoms with Gasteiger partial charge in [-0.15, -0.1) is 13.2 Å². The lowest BCUT2D eigenvalue weighted by Crippen LogP contribution is -2.17. The van der Waals surface area contributed by atoms with Crippen LogP contribution in [-0.2, 0) is 0 Å². The summed E-state index contributed by atoms with van der Waals surface area (Å²) in [4.78, 5) is 3.47. The Morgan fingerprint density at radius 2 is 1.86 bits per heavy atom. The van der Waals surface area contributed by atoms with Crippen LogP contribution >= 0.6 is 11.6 Å². The van der Waals surface area contributed by atoms with Gasteiger partial charge in [0.1, 0.15) is 5.02 Å². The third kappa shape index (κ3) is 2.66. The van der Waals surface area contributed by atoms with Crippen LogP contribution in [0.25, 0.3) is 0 Å². The number of pyridine rings is 1. The average molecular weight is 228 g/mol. The normalized spacial score (nSPS) is 11.2. The second-order valence-corrected chi connectivity index (χ2v) is 2.58. The number of alkyl halides is 3. The van der Waals surface area contributed by atoms with Crippen LogP contribution in [0.4, 0.5) is 13.2 Å². The minimum atomic E-state index is -4.79. The van der Waals surface area contributed by atoms with Crippen LogP contribution in [0.15, 0.2) is 12.4 Å². The Balaban J connectivity index is 2.98. The van der Waals surface area contributed by atoms with E-state index in [9.17, 15) is 13.2 Å². The number of halogens is 4. The van der Waals surface area contributed by atoms with Crippen LogP contribution in [0.3, 0.4) is 0 Å². The Morgan fingerprint density at radius 3 is 2.36 bits per heavy atom. The van der Waals surface area contributed by atoms with E-state index < -0.39 is 12.1 Å². The molecule has 0 aliphatic heterocycles. The van der Waals surface area contributed by atoms with E-state index in [1.165, 1.54) is 13.3 Å². The van der Waals surface area contributed by atoms with E-state index in [0.29, 0.717) is 0 Å². The van der Waals surface area contributed by atoms with Crippen molar-refractivity contribution in [2.75, 3.05) is 7.11 Å². The van der Waals surface area contributed by atoms with Crippen molar-refractivity contribution >= 4 is 11.6 Å². The first kappa shape index (κ1) is 10.9. The summed E-state index contributed by atoms with van der Waals surface area (Å²) in [5, 5.41) is -0.264. The van der Waals surface area contributed by atoms with E-state index in [1.54, 1.807) is 0 Å². The Kier molecular flexibility index (Phi) is 3.05. The molecule has 0 aliphatic rings. The molecule has 0 atom stereocenters. The van der Waals surface area contributed by atoms with Gasteiger partial charge in [0.25, 0.3) is 0 Å². The predicted molar refractivity (Wildman–Crippen MR) is 42.5 cm³/mol. The zero-order valence-electron chi connectivity index (χ0n) is 6.93. The summed E-state index contributed by atoms with van der Waals surface area (Å²) in [7, 11) is 1.26. The number of rotatable bonds is 2. The second-order valence-electron chi connectivity index (χ2n) is 2.20. The molecule has 0 saturated carbocycles. The summed E-state index contributed by atoms with van der Waals surface area (Å²) in [5.74, 6) is -0.563. The molecule has 0 N–H and O–H groups in total. The number of methoxy groups -OCH3 is 1. The van der Waals surface area contributed by atoms with Crippen molar-refractivity contribution in [3.05, 3.63) is 17.4 Å². The van der Waals surface area contributed by atoms with Crippen molar-refractivity contribution in [1.82, 2.24) is 4.98 Å². The van der Waals surface area contributed by atoms with E-state index in [0.717, 1.165) is 6.20 Å². The Morgan fingerprint density at radius 1 is 1.29 bits per heavy atom. The largest absolute Gasteiger partial charge is 0.573 e. The first-order chi connectivity index (χ1) is 6.44. The molecule has 1 aromatic rings. The highest BCUT2D eigenvalue weighted by molar-refractivity contribution is 6.33. The van der Waals surface area contributed by atoms with Gasteiger partial charge >= 0.3 is 6.36 Å². The Hall–Kier alpha value is -1.17. The van der Waals surface area contributed by atoms with E-state index in [-0.39, 0.29) is 10.8 Å². The summed E-state index contributed by atoms with van der Waals surface area (Å²) < 4.78 is 43.7. The zero-order chi connectivity index (χ0) is 10.8. The molecule has 7 heteroatoms. The van der Waals surface area contributed by atoms with Crippen molar-refractivity contribution in [2.24, 2.45) is 0 Å². The molecule has 0 aromatic carbocycles. The quantitative estimate of drug-likeness (QED) is 0.778. The van der Waals surface area contributed by atoms with Gasteiger partial charge in [-0.1, -0.05) is 11.6 Å². The number of ether oxygens (including phenoxy) is 2. The van der Waals surface area contributed by atoms with Crippen LogP contribution in [-0.4, -0.2) is 18.5 Å². The molecule has 3 nitrogen and oxygen atoms in total. The molecule has 0 saturated heterocycles. The van der Waals surface area contributed by atoms with Gasteiger partial charge in [0, 0.05) is 0 Å². The third-order valence-corrected chi connectivity index (χ3v) is 1.63. The van der Waals surface area contributed by atoms with Gasteiger partial charge < -0.3 is 9.47 Å². The van der Waals surface area contributed by atoms with E-state index >= 15 is 0 Å². The maximum Gasteiger partial charge on any atom is 0.573 e. The molecular formula is C7H5ClF3NO2. The Bertz CT molecular complexity index is 329. The summed E-state index contributed by atoms with van der Waals surface area (Å²) >= 11 is 5.52. The second kappa shape index (κ2) is 3.91. The van der Waals surface area contributed by atoms with Crippen LogP contribution in [0.2, 0.25) is 5.02 Å². The summed E-state index contributed by atoms with van der Waals surface area (Å²) in [6.07, 6.45) is -2.75. The number of hydrogen-bond acceptors (Lipinski definition) is 3. The first-order valence-electron chi connectivity index (χ1n) is 3.37. The molecule has 1 heterocycles. The maximum absolute atomic E-state index is 11.8. The van der Waals surface area contributed by atoms with Gasteiger partial charge in [0.2, 0.25) is 0 Å². The molecule has 0 unspecified atom stereocenters. The molecular weight excluding hydrogens is 223 g/mol. The molecule has 0 amide bonds. The third-order valence-electron chi connectivity index (χ3n) is 1.26. The minimum absolute atomic E-state index is 0.0217. The van der Waals surface area contributed by atoms with Crippen LogP contribution in [0.1, 0.15) is 0 Å². The smallest absolute Gasteiger partial charge is 0.493 e. The molecule has 0 fully saturated rings.